The van der Waals surface area contributed by atoms with Crippen molar-refractivity contribution < 1.29 is 9.18 Å². The van der Waals surface area contributed by atoms with E-state index in [1.807, 2.05) is 45.6 Å². The average Bonchev–Trinajstić information content (AvgIpc) is 3.25. The van der Waals surface area contributed by atoms with Crippen molar-refractivity contribution in [1.82, 2.24) is 34.5 Å². The Hall–Kier alpha value is -3.90. The van der Waals surface area contributed by atoms with Gasteiger partial charge < -0.3 is 19.8 Å². The summed E-state index contributed by atoms with van der Waals surface area (Å²) in [5, 5.41) is 8.99. The molecule has 4 aromatic rings. The van der Waals surface area contributed by atoms with Gasteiger partial charge in [-0.15, -0.1) is 0 Å². The Kier molecular flexibility index (Phi) is 5.82. The number of halogens is 1. The van der Waals surface area contributed by atoms with Gasteiger partial charge >= 0.3 is 0 Å². The zero-order valence-corrected chi connectivity index (χ0v) is 23.2. The van der Waals surface area contributed by atoms with Gasteiger partial charge in [0.25, 0.3) is 5.91 Å². The van der Waals surface area contributed by atoms with Crippen LogP contribution in [0.4, 0.5) is 4.39 Å². The molecule has 5 heterocycles. The number of hydrogen-bond acceptors (Lipinski definition) is 4. The standard InChI is InChI=1S/C32H34FN7O/c1-38-15-20-6-7-21(16-38)25(20)11-10-24-14-28(37-40(24)23-8-9-23)32(41)36-30(27-12-19-4-2-3-5-26(19)35-27)31-29-13-22(33)17-39(29)18-34-31/h2-5,12,14,18,20-23,25,30,35H,6-9,13,15-17H2,1H3,(H,36,41)/t20-,21+,22-,25?,30?/m1/s1. The van der Waals surface area contributed by atoms with Crippen LogP contribution in [0, 0.1) is 29.6 Å². The van der Waals surface area contributed by atoms with Crippen LogP contribution < -0.4 is 5.32 Å². The molecule has 3 fully saturated rings. The molecule has 2 unspecified atom stereocenters. The molecule has 210 valence electrons. The van der Waals surface area contributed by atoms with E-state index in [4.69, 9.17) is 5.10 Å². The van der Waals surface area contributed by atoms with E-state index in [2.05, 4.69) is 39.1 Å². The number of benzene rings is 1. The number of nitrogens with one attached hydrogen (secondary N) is 2. The zero-order valence-electron chi connectivity index (χ0n) is 23.2. The number of fused-ring (bicyclic) bond motifs is 4. The highest BCUT2D eigenvalue weighted by molar-refractivity contribution is 5.93. The molecule has 0 radical (unpaired) electrons. The van der Waals surface area contributed by atoms with E-state index in [1.54, 1.807) is 6.33 Å². The predicted octanol–water partition coefficient (Wildman–Crippen LogP) is 4.25. The molecule has 1 aromatic carbocycles. The topological polar surface area (TPSA) is 83.8 Å². The number of carbonyl (C=O) groups is 1. The Bertz CT molecular complexity index is 1650. The maximum absolute atomic E-state index is 14.3. The molecule has 41 heavy (non-hydrogen) atoms. The van der Waals surface area contributed by atoms with Crippen LogP contribution in [0.2, 0.25) is 0 Å². The number of piperidine rings is 1. The summed E-state index contributed by atoms with van der Waals surface area (Å²) in [6.45, 7) is 2.52. The number of rotatable bonds is 5. The second-order valence-corrected chi connectivity index (χ2v) is 12.5. The first-order valence-corrected chi connectivity index (χ1v) is 14.9. The number of aromatic amines is 1. The molecule has 2 N–H and O–H groups in total. The van der Waals surface area contributed by atoms with Gasteiger partial charge in [0.05, 0.1) is 24.6 Å². The predicted molar refractivity (Wildman–Crippen MR) is 153 cm³/mol. The van der Waals surface area contributed by atoms with Crippen molar-refractivity contribution in [2.45, 2.75) is 56.9 Å². The molecule has 0 spiro atoms. The van der Waals surface area contributed by atoms with Crippen molar-refractivity contribution in [1.29, 1.82) is 0 Å². The summed E-state index contributed by atoms with van der Waals surface area (Å²) in [7, 11) is 2.21. The highest BCUT2D eigenvalue weighted by atomic mass is 19.1. The van der Waals surface area contributed by atoms with Gasteiger partial charge in [-0.1, -0.05) is 24.1 Å². The lowest BCUT2D eigenvalue weighted by atomic mass is 9.86. The first-order valence-electron chi connectivity index (χ1n) is 14.9. The van der Waals surface area contributed by atoms with Crippen LogP contribution in [-0.2, 0) is 13.0 Å². The number of imidazole rings is 1. The molecule has 2 aliphatic carbocycles. The van der Waals surface area contributed by atoms with Gasteiger partial charge in [-0.2, -0.15) is 5.10 Å². The molecule has 4 aliphatic rings. The van der Waals surface area contributed by atoms with Crippen LogP contribution in [0.5, 0.6) is 0 Å². The van der Waals surface area contributed by atoms with Gasteiger partial charge in [-0.3, -0.25) is 9.48 Å². The first kappa shape index (κ1) is 24.9. The van der Waals surface area contributed by atoms with Crippen LogP contribution in [0.15, 0.2) is 42.7 Å². The van der Waals surface area contributed by atoms with Gasteiger partial charge in [0.1, 0.15) is 17.9 Å². The molecule has 5 atom stereocenters. The molecule has 2 aliphatic heterocycles. The van der Waals surface area contributed by atoms with E-state index >= 15 is 0 Å². The van der Waals surface area contributed by atoms with Crippen LogP contribution in [0.25, 0.3) is 10.9 Å². The maximum Gasteiger partial charge on any atom is 0.272 e. The average molecular weight is 552 g/mol. The molecule has 9 heteroatoms. The number of H-pyrrole nitrogens is 1. The second-order valence-electron chi connectivity index (χ2n) is 12.5. The Morgan fingerprint density at radius 1 is 1.12 bits per heavy atom. The third-order valence-corrected chi connectivity index (χ3v) is 9.44. The maximum atomic E-state index is 14.3. The van der Waals surface area contributed by atoms with Gasteiger partial charge in [0.2, 0.25) is 0 Å². The first-order chi connectivity index (χ1) is 20.0. The number of para-hydroxylation sites is 1. The van der Waals surface area contributed by atoms with Crippen LogP contribution in [0.1, 0.15) is 71.0 Å². The number of alkyl halides is 1. The second kappa shape index (κ2) is 9.59. The summed E-state index contributed by atoms with van der Waals surface area (Å²) < 4.78 is 18.1. The van der Waals surface area contributed by atoms with Crippen molar-refractivity contribution in [3.8, 4) is 11.8 Å². The summed E-state index contributed by atoms with van der Waals surface area (Å²) in [4.78, 5) is 24.3. The summed E-state index contributed by atoms with van der Waals surface area (Å²) >= 11 is 0. The molecule has 2 saturated carbocycles. The number of aromatic nitrogens is 5. The molecule has 8 nitrogen and oxygen atoms in total. The number of amides is 1. The molecule has 1 amide bonds. The minimum atomic E-state index is -0.944. The third-order valence-electron chi connectivity index (χ3n) is 9.44. The fourth-order valence-corrected chi connectivity index (χ4v) is 7.33. The lowest BCUT2D eigenvalue weighted by Crippen LogP contribution is -2.38. The summed E-state index contributed by atoms with van der Waals surface area (Å²) in [5.74, 6) is 8.45. The smallest absolute Gasteiger partial charge is 0.272 e. The highest BCUT2D eigenvalue weighted by Gasteiger charge is 2.40. The SMILES string of the molecule is CN1C[C@H]2CC[C@@H](C1)C2C#Cc1cc(C(=O)NC(c2cc3ccccc3[nH]2)c2ncn3c2C[C@@H](F)C3)nn1C1CC1. The van der Waals surface area contributed by atoms with E-state index in [0.717, 1.165) is 53.9 Å². The fourth-order valence-electron chi connectivity index (χ4n) is 7.33. The number of hydrogen-bond donors (Lipinski definition) is 2. The van der Waals surface area contributed by atoms with Crippen LogP contribution in [0.3, 0.4) is 0 Å². The monoisotopic (exact) mass is 551 g/mol. The lowest BCUT2D eigenvalue weighted by Gasteiger charge is -2.33. The third kappa shape index (κ3) is 4.45. The summed E-state index contributed by atoms with van der Waals surface area (Å²) in [6.07, 6.45) is 5.63. The van der Waals surface area contributed by atoms with Crippen molar-refractivity contribution in [2.24, 2.45) is 17.8 Å². The summed E-state index contributed by atoms with van der Waals surface area (Å²) in [5.41, 5.74) is 4.45. The summed E-state index contributed by atoms with van der Waals surface area (Å²) in [6, 6.07) is 11.6. The van der Waals surface area contributed by atoms with Crippen molar-refractivity contribution in [3.05, 3.63) is 71.2 Å². The van der Waals surface area contributed by atoms with Crippen molar-refractivity contribution >= 4 is 16.8 Å². The van der Waals surface area contributed by atoms with E-state index < -0.39 is 12.2 Å². The van der Waals surface area contributed by atoms with Gasteiger partial charge in [0, 0.05) is 48.4 Å². The van der Waals surface area contributed by atoms with E-state index in [1.165, 1.54) is 12.8 Å². The molecule has 3 aromatic heterocycles. The normalized spacial score (nSPS) is 26.1. The Morgan fingerprint density at radius 3 is 2.71 bits per heavy atom. The highest BCUT2D eigenvalue weighted by Crippen LogP contribution is 2.41. The van der Waals surface area contributed by atoms with E-state index in [0.29, 0.717) is 41.7 Å². The molecular weight excluding hydrogens is 517 g/mol. The van der Waals surface area contributed by atoms with E-state index in [-0.39, 0.29) is 12.3 Å². The van der Waals surface area contributed by atoms with Gasteiger partial charge in [-0.25, -0.2) is 9.37 Å². The lowest BCUT2D eigenvalue weighted by molar-refractivity contribution is 0.0935. The Morgan fingerprint density at radius 2 is 1.93 bits per heavy atom. The zero-order chi connectivity index (χ0) is 27.7. The number of likely N-dealkylation sites (tertiary alicyclic amines) is 1. The van der Waals surface area contributed by atoms with E-state index in [9.17, 15) is 9.18 Å². The molecule has 8 rings (SSSR count). The number of nitrogens with zero attached hydrogens (tertiary/aromatic N) is 5. The van der Waals surface area contributed by atoms with Gasteiger partial charge in [0.15, 0.2) is 5.69 Å². The molecule has 2 bridgehead atoms. The van der Waals surface area contributed by atoms with Crippen molar-refractivity contribution in [3.63, 3.8) is 0 Å². The fraction of sp³-hybridized carbons (Fsp3) is 0.469. The quantitative estimate of drug-likeness (QED) is 0.364. The van der Waals surface area contributed by atoms with Crippen molar-refractivity contribution in [2.75, 3.05) is 20.1 Å². The number of carbonyl (C=O) groups excluding carboxylic acids is 1. The molecular formula is C32H34FN7O. The molecule has 1 saturated heterocycles. The Labute approximate surface area is 238 Å². The minimum Gasteiger partial charge on any atom is -0.356 e. The van der Waals surface area contributed by atoms with Gasteiger partial charge in [-0.05, 0) is 68.0 Å². The minimum absolute atomic E-state index is 0.285. The van der Waals surface area contributed by atoms with Crippen LogP contribution >= 0.6 is 0 Å². The van der Waals surface area contributed by atoms with Crippen LogP contribution in [-0.4, -0.2) is 61.4 Å². The largest absolute Gasteiger partial charge is 0.356 e. The Balaban J connectivity index is 1.11.